The van der Waals surface area contributed by atoms with Crippen LogP contribution in [-0.4, -0.2) is 37.4 Å². The Labute approximate surface area is 122 Å². The van der Waals surface area contributed by atoms with Crippen LogP contribution in [-0.2, 0) is 23.8 Å². The molecule has 118 valence electrons. The van der Waals surface area contributed by atoms with Crippen LogP contribution in [0, 0.1) is 5.41 Å². The topological polar surface area (TPSA) is 61.8 Å². The van der Waals surface area contributed by atoms with Crippen molar-refractivity contribution in [2.75, 3.05) is 19.8 Å². The van der Waals surface area contributed by atoms with Crippen LogP contribution in [0.2, 0.25) is 0 Å². The summed E-state index contributed by atoms with van der Waals surface area (Å²) >= 11 is 0. The SMILES string of the molecule is CCOC(=O)C(CC)(CCOC(C)(C)C)C(=O)OCC. The number of rotatable bonds is 8. The summed E-state index contributed by atoms with van der Waals surface area (Å²) in [7, 11) is 0. The van der Waals surface area contributed by atoms with Crippen LogP contribution < -0.4 is 0 Å². The first-order chi connectivity index (χ1) is 9.23. The molecule has 0 N–H and O–H groups in total. The Morgan fingerprint density at radius 1 is 0.900 bits per heavy atom. The van der Waals surface area contributed by atoms with Gasteiger partial charge >= 0.3 is 11.9 Å². The Hall–Kier alpha value is -1.10. The third kappa shape index (κ3) is 5.49. The molecule has 5 heteroatoms. The molecule has 0 amide bonds. The average Bonchev–Trinajstić information content (AvgIpc) is 2.34. The predicted octanol–water partition coefficient (Wildman–Crippen LogP) is 2.71. The number of hydrogen-bond donors (Lipinski definition) is 0. The molecule has 0 fully saturated rings. The highest BCUT2D eigenvalue weighted by atomic mass is 16.6. The smallest absolute Gasteiger partial charge is 0.323 e. The van der Waals surface area contributed by atoms with Crippen molar-refractivity contribution in [1.29, 1.82) is 0 Å². The standard InChI is InChI=1S/C15H28O5/c1-7-15(12(16)18-8-2,13(17)19-9-3)10-11-20-14(4,5)6/h7-11H2,1-6H3. The van der Waals surface area contributed by atoms with Crippen LogP contribution in [0.15, 0.2) is 0 Å². The molecule has 0 unspecified atom stereocenters. The lowest BCUT2D eigenvalue weighted by Gasteiger charge is -2.29. The number of carbonyl (C=O) groups excluding carboxylic acids is 2. The van der Waals surface area contributed by atoms with Gasteiger partial charge in [-0.2, -0.15) is 0 Å². The molecule has 0 saturated carbocycles. The summed E-state index contributed by atoms with van der Waals surface area (Å²) in [5.74, 6) is -1.06. The average molecular weight is 288 g/mol. The van der Waals surface area contributed by atoms with E-state index in [0.717, 1.165) is 0 Å². The molecule has 0 aliphatic carbocycles. The number of esters is 2. The van der Waals surface area contributed by atoms with Gasteiger partial charge < -0.3 is 14.2 Å². The van der Waals surface area contributed by atoms with E-state index in [-0.39, 0.29) is 25.2 Å². The second-order valence-corrected chi connectivity index (χ2v) is 5.59. The van der Waals surface area contributed by atoms with E-state index in [2.05, 4.69) is 0 Å². The second-order valence-electron chi connectivity index (χ2n) is 5.59. The lowest BCUT2D eigenvalue weighted by atomic mass is 9.82. The largest absolute Gasteiger partial charge is 0.465 e. The lowest BCUT2D eigenvalue weighted by molar-refractivity contribution is -0.175. The van der Waals surface area contributed by atoms with Crippen molar-refractivity contribution in [3.8, 4) is 0 Å². The molecule has 0 bridgehead atoms. The van der Waals surface area contributed by atoms with Crippen LogP contribution in [0.5, 0.6) is 0 Å². The summed E-state index contributed by atoms with van der Waals surface area (Å²) in [6.45, 7) is 11.8. The van der Waals surface area contributed by atoms with Gasteiger partial charge in [0, 0.05) is 6.61 Å². The first kappa shape index (κ1) is 18.9. The van der Waals surface area contributed by atoms with Gasteiger partial charge in [-0.15, -0.1) is 0 Å². The molecule has 0 aromatic carbocycles. The van der Waals surface area contributed by atoms with Crippen molar-refractivity contribution in [2.45, 2.75) is 60.0 Å². The fraction of sp³-hybridized carbons (Fsp3) is 0.867. The van der Waals surface area contributed by atoms with Gasteiger partial charge in [-0.25, -0.2) is 0 Å². The molecule has 0 rings (SSSR count). The van der Waals surface area contributed by atoms with Crippen molar-refractivity contribution in [1.82, 2.24) is 0 Å². The third-order valence-electron chi connectivity index (χ3n) is 3.00. The van der Waals surface area contributed by atoms with Crippen LogP contribution in [0.1, 0.15) is 54.4 Å². The van der Waals surface area contributed by atoms with Gasteiger partial charge in [-0.1, -0.05) is 6.92 Å². The first-order valence-corrected chi connectivity index (χ1v) is 7.22. The van der Waals surface area contributed by atoms with Crippen molar-refractivity contribution in [2.24, 2.45) is 5.41 Å². The monoisotopic (exact) mass is 288 g/mol. The Bertz CT molecular complexity index is 299. The Kier molecular flexibility index (Phi) is 7.79. The molecule has 0 atom stereocenters. The van der Waals surface area contributed by atoms with Crippen LogP contribution in [0.25, 0.3) is 0 Å². The fourth-order valence-electron chi connectivity index (χ4n) is 1.82. The highest BCUT2D eigenvalue weighted by Crippen LogP contribution is 2.31. The van der Waals surface area contributed by atoms with Gasteiger partial charge in [0.15, 0.2) is 5.41 Å². The van der Waals surface area contributed by atoms with E-state index < -0.39 is 17.4 Å². The summed E-state index contributed by atoms with van der Waals surface area (Å²) in [6.07, 6.45) is 0.594. The quantitative estimate of drug-likeness (QED) is 0.507. The van der Waals surface area contributed by atoms with Gasteiger partial charge in [0.2, 0.25) is 0 Å². The summed E-state index contributed by atoms with van der Waals surface area (Å²) in [4.78, 5) is 24.4. The van der Waals surface area contributed by atoms with E-state index in [9.17, 15) is 9.59 Å². The normalized spacial score (nSPS) is 12.1. The molecule has 0 saturated heterocycles. The maximum absolute atomic E-state index is 12.2. The van der Waals surface area contributed by atoms with Gasteiger partial charge in [-0.05, 0) is 47.5 Å². The molecule has 0 aromatic rings. The van der Waals surface area contributed by atoms with Crippen molar-refractivity contribution >= 4 is 11.9 Å². The third-order valence-corrected chi connectivity index (χ3v) is 3.00. The first-order valence-electron chi connectivity index (χ1n) is 7.22. The minimum Gasteiger partial charge on any atom is -0.465 e. The minimum atomic E-state index is -1.27. The maximum atomic E-state index is 12.2. The van der Waals surface area contributed by atoms with Gasteiger partial charge in [-0.3, -0.25) is 9.59 Å². The maximum Gasteiger partial charge on any atom is 0.323 e. The molecule has 5 nitrogen and oxygen atoms in total. The Balaban J connectivity index is 5.01. The number of hydrogen-bond acceptors (Lipinski definition) is 5. The van der Waals surface area contributed by atoms with Crippen LogP contribution in [0.4, 0.5) is 0 Å². The fourth-order valence-corrected chi connectivity index (χ4v) is 1.82. The zero-order chi connectivity index (χ0) is 15.8. The van der Waals surface area contributed by atoms with Crippen molar-refractivity contribution < 1.29 is 23.8 Å². The second kappa shape index (κ2) is 8.25. The van der Waals surface area contributed by atoms with Crippen LogP contribution >= 0.6 is 0 Å². The summed E-state index contributed by atoms with van der Waals surface area (Å²) in [6, 6.07) is 0. The Morgan fingerprint density at radius 3 is 1.65 bits per heavy atom. The van der Waals surface area contributed by atoms with Crippen LogP contribution in [0.3, 0.4) is 0 Å². The molecule has 0 aliphatic heterocycles. The van der Waals surface area contributed by atoms with Gasteiger partial charge in [0.1, 0.15) is 0 Å². The zero-order valence-electron chi connectivity index (χ0n) is 13.6. The summed E-state index contributed by atoms with van der Waals surface area (Å²) < 4.78 is 15.7. The summed E-state index contributed by atoms with van der Waals surface area (Å²) in [5.41, 5.74) is -1.58. The molecule has 0 heterocycles. The molecule has 0 aromatic heterocycles. The lowest BCUT2D eigenvalue weighted by Crippen LogP contribution is -2.43. The molecule has 0 spiro atoms. The van der Waals surface area contributed by atoms with E-state index in [1.807, 2.05) is 20.8 Å². The van der Waals surface area contributed by atoms with Gasteiger partial charge in [0.05, 0.1) is 18.8 Å². The van der Waals surface area contributed by atoms with E-state index in [1.54, 1.807) is 20.8 Å². The molecule has 0 aliphatic rings. The van der Waals surface area contributed by atoms with E-state index >= 15 is 0 Å². The van der Waals surface area contributed by atoms with Gasteiger partial charge in [0.25, 0.3) is 0 Å². The summed E-state index contributed by atoms with van der Waals surface area (Å²) in [5, 5.41) is 0. The molecular formula is C15H28O5. The van der Waals surface area contributed by atoms with Crippen molar-refractivity contribution in [3.63, 3.8) is 0 Å². The van der Waals surface area contributed by atoms with Crippen molar-refractivity contribution in [3.05, 3.63) is 0 Å². The highest BCUT2D eigenvalue weighted by Gasteiger charge is 2.47. The Morgan fingerprint density at radius 2 is 1.35 bits per heavy atom. The number of ether oxygens (including phenoxy) is 3. The predicted molar refractivity (Wildman–Crippen MR) is 76.3 cm³/mol. The molecule has 0 radical (unpaired) electrons. The van der Waals surface area contributed by atoms with E-state index in [1.165, 1.54) is 0 Å². The highest BCUT2D eigenvalue weighted by molar-refractivity contribution is 6.00. The number of carbonyl (C=O) groups is 2. The van der Waals surface area contributed by atoms with E-state index in [4.69, 9.17) is 14.2 Å². The molecule has 20 heavy (non-hydrogen) atoms. The molecular weight excluding hydrogens is 260 g/mol. The minimum absolute atomic E-state index is 0.236. The zero-order valence-corrected chi connectivity index (χ0v) is 13.6. The van der Waals surface area contributed by atoms with E-state index in [0.29, 0.717) is 13.0 Å².